The summed E-state index contributed by atoms with van der Waals surface area (Å²) in [6.07, 6.45) is -11.7. The summed E-state index contributed by atoms with van der Waals surface area (Å²) in [6.45, 7) is 6.58. The molecule has 16 heteroatoms. The molecule has 6 aliphatic rings. The van der Waals surface area contributed by atoms with E-state index in [1.165, 1.54) is 18.2 Å². The van der Waals surface area contributed by atoms with E-state index in [9.17, 15) is 50.1 Å². The smallest absolute Gasteiger partial charge is 0.179 e. The first-order valence-corrected chi connectivity index (χ1v) is 18.5. The number of benzene rings is 1. The second kappa shape index (κ2) is 14.7. The van der Waals surface area contributed by atoms with E-state index in [0.717, 1.165) is 0 Å². The zero-order valence-electron chi connectivity index (χ0n) is 30.4. The van der Waals surface area contributed by atoms with Crippen LogP contribution in [-0.2, 0) is 33.2 Å². The first-order valence-electron chi connectivity index (χ1n) is 18.5. The molecule has 0 spiro atoms. The topological polar surface area (TPSA) is 248 Å². The molecule has 1 aromatic rings. The predicted molar refractivity (Wildman–Crippen MR) is 182 cm³/mol. The molecule has 3 saturated heterocycles. The van der Waals surface area contributed by atoms with Gasteiger partial charge in [0.05, 0.1) is 53.5 Å². The standard InChI is InChI=1S/C38H48O16/c1-5-38(48)13-22(27-30(37(38)47)34(46)28-29(33(27)45)32(44)26-17(31(28)43)7-6-8-19(26)40)52-24-11-20(41)36(16(4)50-24)54-25-12-21(42)35(15(3)51-25)53-23-10-9-18(39)14(2)49-23/h6-8,14-16,20-25,28-29,35-37,40-42,45-48H,5,9-13H2,1-4H3. The number of hydrogen-bond donors (Lipinski definition) is 7. The fourth-order valence-corrected chi connectivity index (χ4v) is 8.77. The summed E-state index contributed by atoms with van der Waals surface area (Å²) in [5.41, 5.74) is -2.89. The highest BCUT2D eigenvalue weighted by Crippen LogP contribution is 2.52. The molecule has 3 aliphatic heterocycles. The van der Waals surface area contributed by atoms with Gasteiger partial charge in [-0.1, -0.05) is 19.1 Å². The molecule has 15 atom stereocenters. The van der Waals surface area contributed by atoms with Gasteiger partial charge in [-0.15, -0.1) is 0 Å². The SMILES string of the molecule is CCC1(O)CC(OC2CC(O)C(OC3CC(O)C(OC4CCC(=O)C(C)O4)C(C)O3)C(C)O2)C2=C(O)C3C(=O)c4c(O)cccc4C(=O)C3C(O)=C2C1O. The molecule has 3 aliphatic carbocycles. The summed E-state index contributed by atoms with van der Waals surface area (Å²) in [5, 5.41) is 79.0. The summed E-state index contributed by atoms with van der Waals surface area (Å²) in [4.78, 5) is 39.2. The van der Waals surface area contributed by atoms with E-state index in [1.807, 2.05) is 0 Å². The third kappa shape index (κ3) is 6.59. The summed E-state index contributed by atoms with van der Waals surface area (Å²) < 4.78 is 36.1. The number of Topliss-reactive ketones (excluding diaryl/α,β-unsaturated/α-hetero) is 3. The quantitative estimate of drug-likeness (QED) is 0.209. The zero-order valence-corrected chi connectivity index (χ0v) is 30.4. The Balaban J connectivity index is 1.07. The van der Waals surface area contributed by atoms with Gasteiger partial charge in [0.15, 0.2) is 36.2 Å². The normalized spacial score (nSPS) is 42.8. The number of aliphatic hydroxyl groups excluding tert-OH is 5. The second-order valence-electron chi connectivity index (χ2n) is 15.2. The number of carbonyl (C=O) groups excluding carboxylic acids is 3. The second-order valence-corrected chi connectivity index (χ2v) is 15.2. The molecule has 296 valence electrons. The van der Waals surface area contributed by atoms with Crippen LogP contribution < -0.4 is 0 Å². The molecular weight excluding hydrogens is 712 g/mol. The third-order valence-corrected chi connectivity index (χ3v) is 11.8. The average molecular weight is 761 g/mol. The summed E-state index contributed by atoms with van der Waals surface area (Å²) >= 11 is 0. The molecule has 0 bridgehead atoms. The van der Waals surface area contributed by atoms with Crippen LogP contribution in [0.3, 0.4) is 0 Å². The van der Waals surface area contributed by atoms with Crippen molar-refractivity contribution in [3.05, 3.63) is 52.0 Å². The van der Waals surface area contributed by atoms with Crippen molar-refractivity contribution in [1.82, 2.24) is 0 Å². The number of fused-ring (bicyclic) bond motifs is 3. The number of rotatable bonds is 7. The number of ether oxygens (including phenoxy) is 6. The van der Waals surface area contributed by atoms with E-state index < -0.39 is 120 Å². The maximum Gasteiger partial charge on any atom is 0.179 e. The number of phenols is 1. The largest absolute Gasteiger partial charge is 0.511 e. The highest BCUT2D eigenvalue weighted by molar-refractivity contribution is 6.19. The van der Waals surface area contributed by atoms with Crippen molar-refractivity contribution in [2.75, 3.05) is 0 Å². The minimum atomic E-state index is -1.90. The highest BCUT2D eigenvalue weighted by Gasteiger charge is 2.58. The molecule has 7 rings (SSSR count). The Morgan fingerprint density at radius 2 is 1.35 bits per heavy atom. The lowest BCUT2D eigenvalue weighted by molar-refractivity contribution is -0.328. The van der Waals surface area contributed by atoms with Gasteiger partial charge in [-0.3, -0.25) is 14.4 Å². The number of allylic oxidation sites excluding steroid dienone is 2. The Morgan fingerprint density at radius 3 is 1.94 bits per heavy atom. The van der Waals surface area contributed by atoms with Crippen molar-refractivity contribution in [3.8, 4) is 5.75 Å². The lowest BCUT2D eigenvalue weighted by Gasteiger charge is -2.48. The Morgan fingerprint density at radius 1 is 0.778 bits per heavy atom. The van der Waals surface area contributed by atoms with Crippen LogP contribution in [0, 0.1) is 11.8 Å². The van der Waals surface area contributed by atoms with Crippen molar-refractivity contribution in [2.24, 2.45) is 11.8 Å². The molecule has 0 radical (unpaired) electrons. The van der Waals surface area contributed by atoms with Crippen LogP contribution in [0.5, 0.6) is 5.75 Å². The van der Waals surface area contributed by atoms with Gasteiger partial charge in [0.1, 0.15) is 41.7 Å². The first-order chi connectivity index (χ1) is 25.5. The van der Waals surface area contributed by atoms with Gasteiger partial charge >= 0.3 is 0 Å². The molecule has 15 unspecified atom stereocenters. The Hall–Kier alpha value is -3.29. The van der Waals surface area contributed by atoms with Crippen molar-refractivity contribution in [1.29, 1.82) is 0 Å². The van der Waals surface area contributed by atoms with Gasteiger partial charge in [0.25, 0.3) is 0 Å². The molecular formula is C38H48O16. The van der Waals surface area contributed by atoms with Crippen LogP contribution in [0.15, 0.2) is 40.9 Å². The molecule has 4 fully saturated rings. The van der Waals surface area contributed by atoms with Crippen LogP contribution in [0.1, 0.15) is 86.9 Å². The lowest BCUT2D eigenvalue weighted by atomic mass is 9.62. The fourth-order valence-electron chi connectivity index (χ4n) is 8.77. The number of aliphatic hydroxyl groups is 6. The minimum absolute atomic E-state index is 0.00372. The van der Waals surface area contributed by atoms with Gasteiger partial charge in [-0.25, -0.2) is 0 Å². The fraction of sp³-hybridized carbons (Fsp3) is 0.658. The maximum atomic E-state index is 13.8. The third-order valence-electron chi connectivity index (χ3n) is 11.8. The predicted octanol–water partition coefficient (Wildman–Crippen LogP) is 1.79. The van der Waals surface area contributed by atoms with E-state index in [2.05, 4.69) is 0 Å². The first kappa shape index (κ1) is 39.0. The van der Waals surface area contributed by atoms with Crippen LogP contribution in [-0.4, -0.2) is 133 Å². The van der Waals surface area contributed by atoms with E-state index in [0.29, 0.717) is 12.8 Å². The van der Waals surface area contributed by atoms with E-state index in [4.69, 9.17) is 28.4 Å². The van der Waals surface area contributed by atoms with E-state index in [-0.39, 0.29) is 53.7 Å². The van der Waals surface area contributed by atoms with Crippen molar-refractivity contribution in [2.45, 2.75) is 146 Å². The molecule has 0 amide bonds. The summed E-state index contributed by atoms with van der Waals surface area (Å²) in [7, 11) is 0. The molecule has 54 heavy (non-hydrogen) atoms. The molecule has 0 aromatic heterocycles. The number of aromatic hydroxyl groups is 1. The lowest BCUT2D eigenvalue weighted by Crippen LogP contribution is -2.57. The number of ketones is 3. The number of phenolic OH excluding ortho intramolecular Hbond substituents is 1. The zero-order chi connectivity index (χ0) is 39.0. The minimum Gasteiger partial charge on any atom is -0.511 e. The highest BCUT2D eigenvalue weighted by atomic mass is 16.7. The van der Waals surface area contributed by atoms with Crippen molar-refractivity contribution < 1.29 is 78.6 Å². The Labute approximate surface area is 310 Å². The van der Waals surface area contributed by atoms with Crippen LogP contribution in [0.2, 0.25) is 0 Å². The summed E-state index contributed by atoms with van der Waals surface area (Å²) in [6, 6.07) is 3.92. The van der Waals surface area contributed by atoms with Crippen molar-refractivity contribution >= 4 is 17.3 Å². The molecule has 1 aromatic carbocycles. The van der Waals surface area contributed by atoms with E-state index in [1.54, 1.807) is 27.7 Å². The molecule has 3 heterocycles. The van der Waals surface area contributed by atoms with Gasteiger partial charge in [-0.05, 0) is 33.3 Å². The van der Waals surface area contributed by atoms with E-state index >= 15 is 0 Å². The number of carbonyl (C=O) groups is 3. The molecule has 16 nitrogen and oxygen atoms in total. The van der Waals surface area contributed by atoms with Gasteiger partial charge in [-0.2, -0.15) is 0 Å². The van der Waals surface area contributed by atoms with Crippen molar-refractivity contribution in [3.63, 3.8) is 0 Å². The Kier molecular flexibility index (Phi) is 10.6. The Bertz CT molecular complexity index is 1710. The van der Waals surface area contributed by atoms with Crippen LogP contribution >= 0.6 is 0 Å². The monoisotopic (exact) mass is 760 g/mol. The van der Waals surface area contributed by atoms with Crippen LogP contribution in [0.4, 0.5) is 0 Å². The summed E-state index contributed by atoms with van der Waals surface area (Å²) in [5.74, 6) is -6.68. The van der Waals surface area contributed by atoms with Gasteiger partial charge in [0.2, 0.25) is 0 Å². The van der Waals surface area contributed by atoms with Gasteiger partial charge < -0.3 is 64.2 Å². The average Bonchev–Trinajstić information content (AvgIpc) is 3.11. The molecule has 7 N–H and O–H groups in total. The molecule has 1 saturated carbocycles. The van der Waals surface area contributed by atoms with Gasteiger partial charge in [0, 0.05) is 48.8 Å². The maximum absolute atomic E-state index is 13.8. The number of hydrogen-bond acceptors (Lipinski definition) is 16. The van der Waals surface area contributed by atoms with Crippen LogP contribution in [0.25, 0.3) is 0 Å².